The summed E-state index contributed by atoms with van der Waals surface area (Å²) >= 11 is 0. The fourth-order valence-electron chi connectivity index (χ4n) is 9.04. The van der Waals surface area contributed by atoms with Crippen molar-refractivity contribution in [1.82, 2.24) is 14.9 Å². The number of benzene rings is 2. The van der Waals surface area contributed by atoms with Gasteiger partial charge in [-0.15, -0.1) is 0 Å². The number of rotatable bonds is 13. The fourth-order valence-corrected chi connectivity index (χ4v) is 9.04. The maximum absolute atomic E-state index is 12.5. The average molecular weight is 761 g/mol. The topological polar surface area (TPSA) is 239 Å². The summed E-state index contributed by atoms with van der Waals surface area (Å²) in [5.41, 5.74) is 9.14. The molecule has 15 heteroatoms. The number of nitrogens with one attached hydrogen (secondary N) is 2. The Morgan fingerprint density at radius 3 is 1.96 bits per heavy atom. The number of ketones is 1. The van der Waals surface area contributed by atoms with Crippen LogP contribution in [0.15, 0.2) is 60.9 Å². The lowest BCUT2D eigenvalue weighted by Gasteiger charge is -2.34. The molecule has 0 bridgehead atoms. The van der Waals surface area contributed by atoms with Gasteiger partial charge in [-0.3, -0.25) is 34.6 Å². The molecule has 2 aromatic carbocycles. The van der Waals surface area contributed by atoms with Gasteiger partial charge in [0.25, 0.3) is 0 Å². The van der Waals surface area contributed by atoms with Crippen LogP contribution in [0.4, 0.5) is 0 Å². The van der Waals surface area contributed by atoms with E-state index in [1.807, 2.05) is 37.4 Å². The van der Waals surface area contributed by atoms with E-state index in [0.717, 1.165) is 37.7 Å². The van der Waals surface area contributed by atoms with Gasteiger partial charge in [-0.05, 0) is 73.7 Å². The van der Waals surface area contributed by atoms with Crippen molar-refractivity contribution < 1.29 is 34.4 Å². The SMILES string of the molecule is C[C@H]1CC(=O)[C@@H](CC(=O)O)[C@@H]1C[N+](=O)[O-].C[C@H]1CC2(O)C(CC(=O)N2CCCc2c[nH]c3ccccc23)[C@@H]1C[N+](=O)[O-].NCCCc1c[nH]c2ccccc12. The molecule has 2 unspecified atom stereocenters. The normalized spacial score (nSPS) is 25.7. The largest absolute Gasteiger partial charge is 0.481 e. The minimum atomic E-state index is -1.22. The Bertz CT molecular complexity index is 1990. The monoisotopic (exact) mass is 760 g/mol. The van der Waals surface area contributed by atoms with Crippen LogP contribution in [0.3, 0.4) is 0 Å². The van der Waals surface area contributed by atoms with Crippen LogP contribution < -0.4 is 5.73 Å². The highest BCUT2D eigenvalue weighted by molar-refractivity contribution is 5.87. The summed E-state index contributed by atoms with van der Waals surface area (Å²) in [4.78, 5) is 63.1. The number of aliphatic hydroxyl groups is 1. The Hall–Kier alpha value is -5.15. The molecule has 0 radical (unpaired) electrons. The maximum atomic E-state index is 12.5. The molecule has 3 fully saturated rings. The third-order valence-electron chi connectivity index (χ3n) is 11.8. The van der Waals surface area contributed by atoms with Crippen molar-refractivity contribution in [1.29, 1.82) is 0 Å². The zero-order valence-electron chi connectivity index (χ0n) is 31.4. The molecule has 15 nitrogen and oxygen atoms in total. The van der Waals surface area contributed by atoms with Crippen molar-refractivity contribution in [2.45, 2.75) is 70.9 Å². The minimum Gasteiger partial charge on any atom is -0.481 e. The molecule has 7 rings (SSSR count). The third kappa shape index (κ3) is 9.57. The molecule has 55 heavy (non-hydrogen) atoms. The van der Waals surface area contributed by atoms with E-state index in [1.54, 1.807) is 11.8 Å². The van der Waals surface area contributed by atoms with Gasteiger partial charge in [-0.1, -0.05) is 50.2 Å². The number of carbonyl (C=O) groups is 3. The Morgan fingerprint density at radius 2 is 1.42 bits per heavy atom. The molecule has 1 amide bonds. The van der Waals surface area contributed by atoms with Gasteiger partial charge in [0.15, 0.2) is 0 Å². The molecular formula is C40H52N6O9. The summed E-state index contributed by atoms with van der Waals surface area (Å²) < 4.78 is 0. The Balaban J connectivity index is 0.000000175. The third-order valence-corrected chi connectivity index (χ3v) is 11.8. The predicted molar refractivity (Wildman–Crippen MR) is 206 cm³/mol. The number of nitrogens with zero attached hydrogens (tertiary/aromatic N) is 3. The number of carboxylic acid groups (broad SMARTS) is 1. The van der Waals surface area contributed by atoms with Crippen molar-refractivity contribution >= 4 is 39.5 Å². The van der Waals surface area contributed by atoms with Crippen molar-refractivity contribution in [2.75, 3.05) is 26.2 Å². The number of aromatic nitrogens is 2. The second kappa shape index (κ2) is 18.0. The van der Waals surface area contributed by atoms with E-state index in [1.165, 1.54) is 27.4 Å². The number of H-pyrrole nitrogens is 2. The van der Waals surface area contributed by atoms with E-state index in [9.17, 15) is 39.7 Å². The Labute approximate surface area is 319 Å². The van der Waals surface area contributed by atoms with Crippen LogP contribution in [0.2, 0.25) is 0 Å². The number of aromatic amines is 2. The quantitative estimate of drug-likeness (QED) is 0.0881. The molecule has 1 aliphatic heterocycles. The van der Waals surface area contributed by atoms with Crippen LogP contribution in [0, 0.1) is 55.7 Å². The zero-order valence-corrected chi connectivity index (χ0v) is 31.4. The van der Waals surface area contributed by atoms with Gasteiger partial charge in [0.2, 0.25) is 19.0 Å². The average Bonchev–Trinajstić information content (AvgIpc) is 3.91. The van der Waals surface area contributed by atoms with E-state index < -0.39 is 28.5 Å². The van der Waals surface area contributed by atoms with Gasteiger partial charge < -0.3 is 30.8 Å². The van der Waals surface area contributed by atoms with Crippen molar-refractivity contribution in [3.63, 3.8) is 0 Å². The van der Waals surface area contributed by atoms with E-state index in [4.69, 9.17) is 10.8 Å². The number of likely N-dealkylation sites (tertiary alicyclic amines) is 1. The molecule has 4 aromatic rings. The first-order valence-electron chi connectivity index (χ1n) is 19.0. The van der Waals surface area contributed by atoms with E-state index in [-0.39, 0.29) is 72.6 Å². The van der Waals surface area contributed by atoms with Gasteiger partial charge >= 0.3 is 5.97 Å². The Morgan fingerprint density at radius 1 is 0.873 bits per heavy atom. The van der Waals surface area contributed by atoms with Crippen molar-refractivity contribution in [2.24, 2.45) is 41.2 Å². The predicted octanol–water partition coefficient (Wildman–Crippen LogP) is 5.21. The lowest BCUT2D eigenvalue weighted by molar-refractivity contribution is -0.491. The number of fused-ring (bicyclic) bond motifs is 3. The number of para-hydroxylation sites is 2. The van der Waals surface area contributed by atoms with Crippen molar-refractivity contribution in [3.05, 3.63) is 92.3 Å². The second-order valence-corrected chi connectivity index (χ2v) is 15.3. The fraction of sp³-hybridized carbons (Fsp3) is 0.525. The summed E-state index contributed by atoms with van der Waals surface area (Å²) in [5.74, 6) is -3.05. The van der Waals surface area contributed by atoms with Gasteiger partial charge in [0, 0.05) is 87.1 Å². The number of nitrogens with two attached hydrogens (primary N) is 1. The van der Waals surface area contributed by atoms with Crippen LogP contribution in [-0.4, -0.2) is 84.5 Å². The van der Waals surface area contributed by atoms with Crippen LogP contribution in [-0.2, 0) is 27.2 Å². The Kier molecular flexibility index (Phi) is 13.4. The summed E-state index contributed by atoms with van der Waals surface area (Å²) in [6, 6.07) is 16.5. The summed E-state index contributed by atoms with van der Waals surface area (Å²) in [6.07, 6.45) is 8.38. The molecule has 3 aliphatic rings. The van der Waals surface area contributed by atoms with Crippen LogP contribution in [0.25, 0.3) is 21.8 Å². The minimum absolute atomic E-state index is 0.0367. The molecule has 0 spiro atoms. The zero-order chi connectivity index (χ0) is 39.9. The summed E-state index contributed by atoms with van der Waals surface area (Å²) in [5, 5.41) is 43.7. The molecule has 2 saturated carbocycles. The first kappa shape index (κ1) is 41.0. The molecule has 1 saturated heterocycles. The van der Waals surface area contributed by atoms with Gasteiger partial charge in [0.1, 0.15) is 11.5 Å². The molecule has 3 heterocycles. The van der Waals surface area contributed by atoms with Crippen molar-refractivity contribution in [3.8, 4) is 0 Å². The number of aryl methyl sites for hydroxylation is 2. The molecule has 2 aromatic heterocycles. The molecule has 7 atom stereocenters. The van der Waals surface area contributed by atoms with E-state index >= 15 is 0 Å². The number of hydrogen-bond donors (Lipinski definition) is 5. The number of aliphatic carboxylic acids is 1. The maximum Gasteiger partial charge on any atom is 0.304 e. The molecule has 296 valence electrons. The summed E-state index contributed by atoms with van der Waals surface area (Å²) in [6.45, 7) is 4.45. The van der Waals surface area contributed by atoms with Crippen LogP contribution in [0.1, 0.15) is 63.5 Å². The van der Waals surface area contributed by atoms with E-state index in [0.29, 0.717) is 13.0 Å². The summed E-state index contributed by atoms with van der Waals surface area (Å²) in [7, 11) is 0. The van der Waals surface area contributed by atoms with Gasteiger partial charge in [-0.25, -0.2) is 0 Å². The number of amides is 1. The van der Waals surface area contributed by atoms with Gasteiger partial charge in [0.05, 0.1) is 6.42 Å². The standard InChI is InChI=1S/C20H25N3O4.C11H14N2.C9H13NO5/c1-13-10-20(25)17(16(13)12-23(26)27)9-19(24)22(20)8-4-5-14-11-21-18-7-3-2-6-15(14)18;12-7-3-4-9-8-13-11-6-2-1-5-10(9)11;1-5-2-8(11)6(3-9(12)13)7(5)4-10(14)15/h2-3,6-7,11,13,16-17,21,25H,4-5,8-10,12H2,1H3;1-2,5-6,8,13H,3-4,7,12H2;5-7H,2-4H2,1H3,(H,12,13)/t13-,16+,17?,20?;;5-,6-,7+/m0.0/s1. The molecular weight excluding hydrogens is 708 g/mol. The number of nitro groups is 2. The van der Waals surface area contributed by atoms with Crippen LogP contribution >= 0.6 is 0 Å². The highest BCUT2D eigenvalue weighted by atomic mass is 16.6. The second-order valence-electron chi connectivity index (χ2n) is 15.3. The van der Waals surface area contributed by atoms with Crippen LogP contribution in [0.5, 0.6) is 0 Å². The lowest BCUT2D eigenvalue weighted by atomic mass is 9.88. The highest BCUT2D eigenvalue weighted by Crippen LogP contribution is 2.52. The molecule has 2 aliphatic carbocycles. The smallest absolute Gasteiger partial charge is 0.304 e. The number of Topliss-reactive ketones (excluding diaryl/α,β-unsaturated/α-hetero) is 1. The number of hydrogen-bond acceptors (Lipinski definition) is 9. The highest BCUT2D eigenvalue weighted by Gasteiger charge is 2.61. The number of carboxylic acids is 1. The first-order chi connectivity index (χ1) is 26.2. The molecule has 6 N–H and O–H groups in total. The number of carbonyl (C=O) groups excluding carboxylic acids is 2. The van der Waals surface area contributed by atoms with E-state index in [2.05, 4.69) is 40.4 Å². The first-order valence-corrected chi connectivity index (χ1v) is 19.0. The lowest BCUT2D eigenvalue weighted by Crippen LogP contribution is -2.48. The van der Waals surface area contributed by atoms with Gasteiger partial charge in [-0.2, -0.15) is 0 Å².